The smallest absolute Gasteiger partial charge is 0.255 e. The molecule has 146 valence electrons. The third-order valence-corrected chi connectivity index (χ3v) is 4.85. The number of halogens is 1. The molecule has 2 aromatic carbocycles. The number of nitrogens with zero attached hydrogens (tertiary/aromatic N) is 2. The Labute approximate surface area is 171 Å². The Kier molecular flexibility index (Phi) is 5.89. The molecule has 0 saturated carbocycles. The fourth-order valence-corrected chi connectivity index (χ4v) is 3.07. The van der Waals surface area contributed by atoms with Gasteiger partial charge in [0.1, 0.15) is 0 Å². The monoisotopic (exact) mass is 445 g/mol. The molecule has 2 N–H and O–H groups in total. The van der Waals surface area contributed by atoms with Crippen molar-refractivity contribution in [2.75, 3.05) is 14.2 Å². The van der Waals surface area contributed by atoms with Crippen molar-refractivity contribution in [1.82, 2.24) is 15.1 Å². The molecule has 0 unspecified atom stereocenters. The number of nitrogens with one attached hydrogen (secondary N) is 1. The quantitative estimate of drug-likeness (QED) is 0.605. The van der Waals surface area contributed by atoms with Crippen LogP contribution in [0.2, 0.25) is 0 Å². The van der Waals surface area contributed by atoms with Gasteiger partial charge in [-0.25, -0.2) is 4.68 Å². The molecule has 0 aliphatic carbocycles. The maximum absolute atomic E-state index is 12.6. The second kappa shape index (κ2) is 8.35. The van der Waals surface area contributed by atoms with Crippen LogP contribution in [-0.4, -0.2) is 35.0 Å². The van der Waals surface area contributed by atoms with E-state index < -0.39 is 0 Å². The molecule has 1 amide bonds. The third-order valence-electron chi connectivity index (χ3n) is 4.32. The van der Waals surface area contributed by atoms with Crippen molar-refractivity contribution in [2.24, 2.45) is 0 Å². The van der Waals surface area contributed by atoms with Gasteiger partial charge in [-0.15, -0.1) is 0 Å². The summed E-state index contributed by atoms with van der Waals surface area (Å²) in [5.74, 6) is 0.240. The number of carbonyl (C=O) groups excluding carboxylic acids is 1. The van der Waals surface area contributed by atoms with E-state index in [1.54, 1.807) is 23.0 Å². The van der Waals surface area contributed by atoms with Crippen molar-refractivity contribution in [2.45, 2.75) is 13.5 Å². The van der Waals surface area contributed by atoms with E-state index in [-0.39, 0.29) is 29.7 Å². The molecule has 0 spiro atoms. The van der Waals surface area contributed by atoms with Gasteiger partial charge in [0.05, 0.1) is 37.4 Å². The standard InChI is InChI=1S/C20H20BrN3O4/c1-12-16(11-23-24(12)15-6-4-14(21)5-7-15)20(26)22-10-13-8-17(27-2)19(25)18(9-13)28-3/h4-9,11,25H,10H2,1-3H3,(H,22,26). The number of amides is 1. The van der Waals surface area contributed by atoms with E-state index in [1.165, 1.54) is 14.2 Å². The molecule has 0 bridgehead atoms. The second-order valence-electron chi connectivity index (χ2n) is 6.06. The van der Waals surface area contributed by atoms with Gasteiger partial charge in [0.15, 0.2) is 11.5 Å². The van der Waals surface area contributed by atoms with Crippen molar-refractivity contribution in [3.8, 4) is 22.9 Å². The molecule has 28 heavy (non-hydrogen) atoms. The van der Waals surface area contributed by atoms with Gasteiger partial charge in [-0.2, -0.15) is 5.10 Å². The summed E-state index contributed by atoms with van der Waals surface area (Å²) in [4.78, 5) is 12.6. The molecule has 8 heteroatoms. The summed E-state index contributed by atoms with van der Waals surface area (Å²) in [6.45, 7) is 2.09. The third kappa shape index (κ3) is 3.96. The van der Waals surface area contributed by atoms with E-state index in [9.17, 15) is 9.90 Å². The lowest BCUT2D eigenvalue weighted by molar-refractivity contribution is 0.0950. The first-order chi connectivity index (χ1) is 13.4. The van der Waals surface area contributed by atoms with Crippen molar-refractivity contribution < 1.29 is 19.4 Å². The van der Waals surface area contributed by atoms with E-state index in [0.717, 1.165) is 21.4 Å². The summed E-state index contributed by atoms with van der Waals surface area (Å²) >= 11 is 3.41. The minimum absolute atomic E-state index is 0.0771. The number of hydrogen-bond acceptors (Lipinski definition) is 5. The average molecular weight is 446 g/mol. The van der Waals surface area contributed by atoms with Crippen LogP contribution in [0.15, 0.2) is 47.1 Å². The van der Waals surface area contributed by atoms with Crippen LogP contribution in [0.25, 0.3) is 5.69 Å². The van der Waals surface area contributed by atoms with Gasteiger partial charge < -0.3 is 19.9 Å². The van der Waals surface area contributed by atoms with Gasteiger partial charge in [0.25, 0.3) is 5.91 Å². The summed E-state index contributed by atoms with van der Waals surface area (Å²) < 4.78 is 13.0. The van der Waals surface area contributed by atoms with Crippen LogP contribution in [0.5, 0.6) is 17.2 Å². The largest absolute Gasteiger partial charge is 0.502 e. The predicted molar refractivity (Wildman–Crippen MR) is 108 cm³/mol. The van der Waals surface area contributed by atoms with Crippen molar-refractivity contribution >= 4 is 21.8 Å². The molecule has 0 aliphatic heterocycles. The number of benzene rings is 2. The molecule has 1 heterocycles. The SMILES string of the molecule is COc1cc(CNC(=O)c2cnn(-c3ccc(Br)cc3)c2C)cc(OC)c1O. The summed E-state index contributed by atoms with van der Waals surface area (Å²) in [5.41, 5.74) is 2.83. The number of rotatable bonds is 6. The van der Waals surface area contributed by atoms with Gasteiger partial charge in [-0.3, -0.25) is 4.79 Å². The normalized spacial score (nSPS) is 10.6. The Morgan fingerprint density at radius 3 is 2.36 bits per heavy atom. The van der Waals surface area contributed by atoms with E-state index >= 15 is 0 Å². The van der Waals surface area contributed by atoms with Gasteiger partial charge in [0, 0.05) is 11.0 Å². The van der Waals surface area contributed by atoms with Crippen molar-refractivity contribution in [1.29, 1.82) is 0 Å². The molecule has 0 saturated heterocycles. The zero-order valence-electron chi connectivity index (χ0n) is 15.7. The summed E-state index contributed by atoms with van der Waals surface area (Å²) in [6, 6.07) is 11.0. The number of ether oxygens (including phenoxy) is 2. The maximum atomic E-state index is 12.6. The van der Waals surface area contributed by atoms with Gasteiger partial charge in [-0.1, -0.05) is 15.9 Å². The number of aromatic hydroxyl groups is 1. The van der Waals surface area contributed by atoms with Crippen LogP contribution in [0.1, 0.15) is 21.6 Å². The van der Waals surface area contributed by atoms with Crippen molar-refractivity contribution in [3.63, 3.8) is 0 Å². The molecule has 7 nitrogen and oxygen atoms in total. The molecule has 3 aromatic rings. The molecule has 0 aliphatic rings. The van der Waals surface area contributed by atoms with Gasteiger partial charge in [-0.05, 0) is 48.9 Å². The lowest BCUT2D eigenvalue weighted by atomic mass is 10.1. The number of methoxy groups -OCH3 is 2. The topological polar surface area (TPSA) is 85.6 Å². The van der Waals surface area contributed by atoms with Crippen LogP contribution >= 0.6 is 15.9 Å². The Morgan fingerprint density at radius 1 is 1.18 bits per heavy atom. The maximum Gasteiger partial charge on any atom is 0.255 e. The van der Waals surface area contributed by atoms with E-state index in [0.29, 0.717) is 5.56 Å². The number of phenols is 1. The average Bonchev–Trinajstić information content (AvgIpc) is 3.09. The number of phenolic OH excluding ortho intramolecular Hbond substituents is 1. The van der Waals surface area contributed by atoms with E-state index in [4.69, 9.17) is 9.47 Å². The minimum atomic E-state index is -0.244. The van der Waals surface area contributed by atoms with Crippen LogP contribution < -0.4 is 14.8 Å². The lowest BCUT2D eigenvalue weighted by Gasteiger charge is -2.12. The highest BCUT2D eigenvalue weighted by Gasteiger charge is 2.16. The highest BCUT2D eigenvalue weighted by molar-refractivity contribution is 9.10. The zero-order valence-corrected chi connectivity index (χ0v) is 17.3. The highest BCUT2D eigenvalue weighted by atomic mass is 79.9. The molecule has 0 radical (unpaired) electrons. The summed E-state index contributed by atoms with van der Waals surface area (Å²) in [7, 11) is 2.91. The second-order valence-corrected chi connectivity index (χ2v) is 6.98. The fraction of sp³-hybridized carbons (Fsp3) is 0.200. The molecule has 0 atom stereocenters. The first-order valence-electron chi connectivity index (χ1n) is 8.47. The Morgan fingerprint density at radius 2 is 1.79 bits per heavy atom. The van der Waals surface area contributed by atoms with Crippen LogP contribution in [0.3, 0.4) is 0 Å². The number of carbonyl (C=O) groups is 1. The first kappa shape index (κ1) is 19.8. The van der Waals surface area contributed by atoms with Crippen LogP contribution in [-0.2, 0) is 6.54 Å². The predicted octanol–water partition coefficient (Wildman–Crippen LogP) is 3.60. The van der Waals surface area contributed by atoms with Crippen LogP contribution in [0, 0.1) is 6.92 Å². The summed E-state index contributed by atoms with van der Waals surface area (Å²) in [6.07, 6.45) is 1.55. The van der Waals surface area contributed by atoms with E-state index in [1.807, 2.05) is 31.2 Å². The lowest BCUT2D eigenvalue weighted by Crippen LogP contribution is -2.23. The molecular weight excluding hydrogens is 426 g/mol. The number of hydrogen-bond donors (Lipinski definition) is 2. The molecule has 3 rings (SSSR count). The van der Waals surface area contributed by atoms with E-state index in [2.05, 4.69) is 26.3 Å². The van der Waals surface area contributed by atoms with Crippen molar-refractivity contribution in [3.05, 3.63) is 63.9 Å². The number of aromatic nitrogens is 2. The summed E-state index contributed by atoms with van der Waals surface area (Å²) in [5, 5.41) is 17.2. The molecule has 0 fully saturated rings. The molecule has 1 aromatic heterocycles. The fourth-order valence-electron chi connectivity index (χ4n) is 2.80. The van der Waals surface area contributed by atoms with Gasteiger partial charge >= 0.3 is 0 Å². The Bertz CT molecular complexity index is 974. The highest BCUT2D eigenvalue weighted by Crippen LogP contribution is 2.37. The zero-order chi connectivity index (χ0) is 20.3. The molecular formula is C20H20BrN3O4. The first-order valence-corrected chi connectivity index (χ1v) is 9.26. The Hall–Kier alpha value is -3.00. The van der Waals surface area contributed by atoms with Gasteiger partial charge in [0.2, 0.25) is 5.75 Å². The minimum Gasteiger partial charge on any atom is -0.502 e. The van der Waals surface area contributed by atoms with Crippen LogP contribution in [0.4, 0.5) is 0 Å². The Balaban J connectivity index is 1.77.